The van der Waals surface area contributed by atoms with Gasteiger partial charge in [-0.25, -0.2) is 10.8 Å². The lowest BCUT2D eigenvalue weighted by Gasteiger charge is -2.14. The third-order valence-corrected chi connectivity index (χ3v) is 2.44. The van der Waals surface area contributed by atoms with Gasteiger partial charge in [-0.15, -0.1) is 0 Å². The molecule has 0 saturated carbocycles. The molecule has 9 heteroatoms. The summed E-state index contributed by atoms with van der Waals surface area (Å²) in [5, 5.41) is 3.14. The minimum Gasteiger partial charge on any atom is -0.380 e. The fourth-order valence-electron chi connectivity index (χ4n) is 1.54. The Morgan fingerprint density at radius 3 is 2.80 bits per heavy atom. The van der Waals surface area contributed by atoms with Crippen LogP contribution in [0.1, 0.15) is 13.8 Å². The molecular weight excluding hydrogens is 260 g/mol. The average molecular weight is 278 g/mol. The Balaban J connectivity index is 2.18. The molecule has 2 rings (SSSR count). The van der Waals surface area contributed by atoms with Crippen molar-refractivity contribution in [3.63, 3.8) is 0 Å². The Morgan fingerprint density at radius 1 is 1.35 bits per heavy atom. The van der Waals surface area contributed by atoms with Crippen LogP contribution in [0.25, 0.3) is 5.95 Å². The van der Waals surface area contributed by atoms with E-state index in [4.69, 9.17) is 10.6 Å². The van der Waals surface area contributed by atoms with Gasteiger partial charge in [0.15, 0.2) is 0 Å². The van der Waals surface area contributed by atoms with Crippen molar-refractivity contribution in [2.45, 2.75) is 19.9 Å². The molecule has 2 aromatic heterocycles. The normalized spacial score (nSPS) is 12.2. The Kier molecular flexibility index (Phi) is 4.80. The predicted molar refractivity (Wildman–Crippen MR) is 74.3 cm³/mol. The molecule has 0 aromatic carbocycles. The highest BCUT2D eigenvalue weighted by Crippen LogP contribution is 2.09. The topological polar surface area (TPSA) is 116 Å². The summed E-state index contributed by atoms with van der Waals surface area (Å²) in [6.07, 6.45) is 4.98. The number of hydrazine groups is 1. The lowest BCUT2D eigenvalue weighted by Crippen LogP contribution is -2.24. The number of hydrogen-bond donors (Lipinski definition) is 3. The van der Waals surface area contributed by atoms with Gasteiger partial charge >= 0.3 is 0 Å². The molecule has 20 heavy (non-hydrogen) atoms. The second kappa shape index (κ2) is 6.78. The van der Waals surface area contributed by atoms with Gasteiger partial charge in [0.1, 0.15) is 6.33 Å². The summed E-state index contributed by atoms with van der Waals surface area (Å²) in [5.41, 5.74) is 2.42. The van der Waals surface area contributed by atoms with E-state index < -0.39 is 0 Å². The maximum absolute atomic E-state index is 5.37. The summed E-state index contributed by atoms with van der Waals surface area (Å²) in [6.45, 7) is 5.15. The summed E-state index contributed by atoms with van der Waals surface area (Å²) < 4.78 is 7.00. The van der Waals surface area contributed by atoms with Crippen LogP contribution in [0.3, 0.4) is 0 Å². The molecule has 1 unspecified atom stereocenters. The van der Waals surface area contributed by atoms with Crippen LogP contribution in [0.5, 0.6) is 0 Å². The smallest absolute Gasteiger partial charge is 0.243 e. The molecular formula is C11H18N8O. The predicted octanol–water partition coefficient (Wildman–Crippen LogP) is 0.180. The number of nitrogen functional groups attached to an aromatic ring is 1. The molecule has 0 aliphatic rings. The van der Waals surface area contributed by atoms with E-state index in [2.05, 4.69) is 30.7 Å². The standard InChI is InChI=1S/C11H18N8O/c1-3-20-6-8(2)14-9-15-10(18-12)17-11(16-9)19-5-4-13-7-19/h4-5,7-8H,3,6,12H2,1-2H3,(H2,14,15,16,17,18). The molecule has 0 fully saturated rings. The summed E-state index contributed by atoms with van der Waals surface area (Å²) in [7, 11) is 0. The van der Waals surface area contributed by atoms with E-state index in [0.29, 0.717) is 25.1 Å². The lowest BCUT2D eigenvalue weighted by molar-refractivity contribution is 0.141. The number of anilines is 2. The van der Waals surface area contributed by atoms with Gasteiger partial charge in [0.2, 0.25) is 17.8 Å². The quantitative estimate of drug-likeness (QED) is 0.485. The molecule has 0 spiro atoms. The van der Waals surface area contributed by atoms with Crippen molar-refractivity contribution in [2.24, 2.45) is 5.84 Å². The van der Waals surface area contributed by atoms with Crippen LogP contribution in [0, 0.1) is 0 Å². The molecule has 2 aromatic rings. The van der Waals surface area contributed by atoms with Crippen molar-refractivity contribution in [1.29, 1.82) is 0 Å². The SMILES string of the molecule is CCOCC(C)Nc1nc(NN)nc(-n2ccnc2)n1. The van der Waals surface area contributed by atoms with E-state index in [1.165, 1.54) is 0 Å². The van der Waals surface area contributed by atoms with Gasteiger partial charge in [-0.05, 0) is 13.8 Å². The zero-order valence-corrected chi connectivity index (χ0v) is 11.4. The molecule has 0 aliphatic carbocycles. The van der Waals surface area contributed by atoms with E-state index >= 15 is 0 Å². The van der Waals surface area contributed by atoms with Crippen LogP contribution in [-0.4, -0.2) is 43.8 Å². The summed E-state index contributed by atoms with van der Waals surface area (Å²) >= 11 is 0. The minimum atomic E-state index is 0.0682. The number of rotatable bonds is 7. The van der Waals surface area contributed by atoms with Gasteiger partial charge in [-0.2, -0.15) is 15.0 Å². The van der Waals surface area contributed by atoms with Gasteiger partial charge in [-0.1, -0.05) is 0 Å². The maximum Gasteiger partial charge on any atom is 0.243 e. The van der Waals surface area contributed by atoms with E-state index in [1.54, 1.807) is 23.3 Å². The van der Waals surface area contributed by atoms with Crippen LogP contribution in [-0.2, 0) is 4.74 Å². The first-order valence-electron chi connectivity index (χ1n) is 6.28. The van der Waals surface area contributed by atoms with E-state index in [9.17, 15) is 0 Å². The number of imidazole rings is 1. The van der Waals surface area contributed by atoms with E-state index in [1.807, 2.05) is 13.8 Å². The summed E-state index contributed by atoms with van der Waals surface area (Å²) in [6, 6.07) is 0.0682. The molecule has 4 N–H and O–H groups in total. The number of nitrogens with zero attached hydrogens (tertiary/aromatic N) is 5. The molecule has 2 heterocycles. The fraction of sp³-hybridized carbons (Fsp3) is 0.455. The van der Waals surface area contributed by atoms with Gasteiger partial charge in [0.25, 0.3) is 0 Å². The molecule has 0 bridgehead atoms. The number of nitrogens with one attached hydrogen (secondary N) is 2. The third kappa shape index (κ3) is 3.62. The Labute approximate surface area is 116 Å². The van der Waals surface area contributed by atoms with Crippen LogP contribution in [0.15, 0.2) is 18.7 Å². The molecule has 0 amide bonds. The van der Waals surface area contributed by atoms with Crippen LogP contribution in [0.4, 0.5) is 11.9 Å². The highest BCUT2D eigenvalue weighted by atomic mass is 16.5. The second-order valence-electron chi connectivity index (χ2n) is 4.10. The second-order valence-corrected chi connectivity index (χ2v) is 4.10. The molecule has 0 aliphatic heterocycles. The molecule has 108 valence electrons. The Morgan fingerprint density at radius 2 is 2.15 bits per heavy atom. The first-order chi connectivity index (χ1) is 9.72. The van der Waals surface area contributed by atoms with Crippen molar-refractivity contribution >= 4 is 11.9 Å². The van der Waals surface area contributed by atoms with Gasteiger partial charge in [-0.3, -0.25) is 9.99 Å². The van der Waals surface area contributed by atoms with Crippen molar-refractivity contribution < 1.29 is 4.74 Å². The van der Waals surface area contributed by atoms with Gasteiger partial charge in [0, 0.05) is 25.0 Å². The third-order valence-electron chi connectivity index (χ3n) is 2.44. The minimum absolute atomic E-state index is 0.0682. The van der Waals surface area contributed by atoms with E-state index in [0.717, 1.165) is 0 Å². The lowest BCUT2D eigenvalue weighted by atomic mass is 10.4. The average Bonchev–Trinajstić information content (AvgIpc) is 2.99. The van der Waals surface area contributed by atoms with Crippen molar-refractivity contribution in [3.05, 3.63) is 18.7 Å². The zero-order valence-electron chi connectivity index (χ0n) is 11.4. The van der Waals surface area contributed by atoms with Crippen LogP contribution < -0.4 is 16.6 Å². The van der Waals surface area contributed by atoms with Gasteiger partial charge in [0.05, 0.1) is 6.61 Å². The molecule has 0 saturated heterocycles. The Bertz CT molecular complexity index is 529. The summed E-state index contributed by atoms with van der Waals surface area (Å²) in [4.78, 5) is 16.6. The molecule has 9 nitrogen and oxygen atoms in total. The largest absolute Gasteiger partial charge is 0.380 e. The molecule has 0 radical (unpaired) electrons. The number of aromatic nitrogens is 5. The zero-order chi connectivity index (χ0) is 14.4. The first kappa shape index (κ1) is 14.2. The maximum atomic E-state index is 5.37. The van der Waals surface area contributed by atoms with Crippen LogP contribution >= 0.6 is 0 Å². The molecule has 1 atom stereocenters. The van der Waals surface area contributed by atoms with Crippen molar-refractivity contribution in [1.82, 2.24) is 24.5 Å². The van der Waals surface area contributed by atoms with Gasteiger partial charge < -0.3 is 10.1 Å². The monoisotopic (exact) mass is 278 g/mol. The first-order valence-corrected chi connectivity index (χ1v) is 6.28. The fourth-order valence-corrected chi connectivity index (χ4v) is 1.54. The highest BCUT2D eigenvalue weighted by molar-refractivity contribution is 5.37. The number of hydrogen-bond acceptors (Lipinski definition) is 8. The Hall–Kier alpha value is -2.26. The highest BCUT2D eigenvalue weighted by Gasteiger charge is 2.10. The number of ether oxygens (including phenoxy) is 1. The summed E-state index contributed by atoms with van der Waals surface area (Å²) in [5.74, 6) is 6.49. The van der Waals surface area contributed by atoms with E-state index in [-0.39, 0.29) is 12.0 Å². The van der Waals surface area contributed by atoms with Crippen molar-refractivity contribution in [2.75, 3.05) is 24.0 Å². The van der Waals surface area contributed by atoms with Crippen molar-refractivity contribution in [3.8, 4) is 5.95 Å². The number of nitrogens with two attached hydrogens (primary N) is 1. The van der Waals surface area contributed by atoms with Crippen LogP contribution in [0.2, 0.25) is 0 Å².